The maximum Gasteiger partial charge on any atom is 0.250 e. The van der Waals surface area contributed by atoms with Crippen molar-refractivity contribution in [2.24, 2.45) is 10.7 Å². The molecule has 3 aromatic carbocycles. The molecule has 2 amide bonds. The van der Waals surface area contributed by atoms with Crippen LogP contribution in [0.5, 0.6) is 17.2 Å². The Bertz CT molecular complexity index is 1610. The van der Waals surface area contributed by atoms with Gasteiger partial charge in [0.25, 0.3) is 5.91 Å². The molecule has 10 heteroatoms. The minimum atomic E-state index is -0.227. The first-order valence-electron chi connectivity index (χ1n) is 15.0. The Morgan fingerprint density at radius 1 is 0.978 bits per heavy atom. The molecule has 3 aromatic rings. The molecular weight excluding hydrogens is 580 g/mol. The van der Waals surface area contributed by atoms with Gasteiger partial charge in [0.1, 0.15) is 22.9 Å². The topological polar surface area (TPSA) is 104 Å². The number of amidine groups is 1. The fourth-order valence-electron chi connectivity index (χ4n) is 4.94. The van der Waals surface area contributed by atoms with Gasteiger partial charge in [-0.3, -0.25) is 19.4 Å². The van der Waals surface area contributed by atoms with Crippen LogP contribution in [0.25, 0.3) is 0 Å². The molecule has 0 heterocycles. The Hall–Kier alpha value is -5.35. The summed E-state index contributed by atoms with van der Waals surface area (Å²) in [5.74, 6) is 1.88. The molecule has 0 aliphatic heterocycles. The summed E-state index contributed by atoms with van der Waals surface area (Å²) in [4.78, 5) is 37.3. The third kappa shape index (κ3) is 8.22. The number of carbonyl (C=O) groups excluding carboxylic acids is 2. The molecule has 1 aliphatic rings. The van der Waals surface area contributed by atoms with Crippen molar-refractivity contribution in [3.05, 3.63) is 109 Å². The number of hydrogen-bond acceptors (Lipinski definition) is 8. The number of hydrogen-bond donors (Lipinski definition) is 1. The number of anilines is 3. The lowest BCUT2D eigenvalue weighted by Crippen LogP contribution is -2.38. The maximum atomic E-state index is 13.1. The lowest BCUT2D eigenvalue weighted by molar-refractivity contribution is -0.114. The van der Waals surface area contributed by atoms with Crippen molar-refractivity contribution in [1.29, 1.82) is 0 Å². The summed E-state index contributed by atoms with van der Waals surface area (Å²) in [7, 11) is 7.08. The van der Waals surface area contributed by atoms with E-state index < -0.39 is 0 Å². The van der Waals surface area contributed by atoms with Crippen LogP contribution in [0.1, 0.15) is 19.8 Å². The number of allylic oxidation sites excluding steroid dienone is 1. The van der Waals surface area contributed by atoms with Gasteiger partial charge in [-0.1, -0.05) is 30.9 Å². The number of likely N-dealkylation sites (N-methyl/N-ethyl adjacent to an activating group) is 3. The van der Waals surface area contributed by atoms with Crippen molar-refractivity contribution in [1.82, 2.24) is 4.90 Å². The Labute approximate surface area is 271 Å². The van der Waals surface area contributed by atoms with Crippen LogP contribution in [0.4, 0.5) is 17.1 Å². The molecule has 1 fully saturated rings. The molecule has 1 aliphatic carbocycles. The van der Waals surface area contributed by atoms with E-state index in [1.165, 1.54) is 36.0 Å². The van der Waals surface area contributed by atoms with Crippen LogP contribution in [0.15, 0.2) is 114 Å². The standard InChI is InChI=1S/C36H42N6O4/c1-7-38-36(35(26(2)37)40(4)28-17-20-31(21-18-28)46-30-12-9-8-10-13-30)42(25-43)29-19-22-33(45-6)32(24-29)41(5)34(44)14-11-23-39(3)27-15-16-27/h7-14,17-22,24-25,27H,1,15-16,23,37H2,2-6H3/b14-11+,35-26-,38-36?. The van der Waals surface area contributed by atoms with Gasteiger partial charge in [-0.05, 0) is 81.4 Å². The molecule has 4 rings (SSSR count). The predicted molar refractivity (Wildman–Crippen MR) is 186 cm³/mol. The molecule has 0 radical (unpaired) electrons. The normalized spacial score (nSPS) is 13.7. The average molecular weight is 623 g/mol. The number of nitrogens with two attached hydrogens (primary N) is 1. The van der Waals surface area contributed by atoms with Gasteiger partial charge in [-0.25, -0.2) is 4.99 Å². The summed E-state index contributed by atoms with van der Waals surface area (Å²) in [6.45, 7) is 6.20. The number of aliphatic imine (C=N–C) groups is 1. The molecule has 2 N–H and O–H groups in total. The van der Waals surface area contributed by atoms with E-state index in [2.05, 4.69) is 23.5 Å². The monoisotopic (exact) mass is 622 g/mol. The Balaban J connectivity index is 1.62. The second-order valence-electron chi connectivity index (χ2n) is 10.9. The number of methoxy groups -OCH3 is 1. The molecule has 0 unspecified atom stereocenters. The Kier molecular flexibility index (Phi) is 11.4. The smallest absolute Gasteiger partial charge is 0.250 e. The van der Waals surface area contributed by atoms with Crippen LogP contribution >= 0.6 is 0 Å². The summed E-state index contributed by atoms with van der Waals surface area (Å²) in [5, 5.41) is 0. The molecule has 10 nitrogen and oxygen atoms in total. The fraction of sp³-hybridized carbons (Fsp3) is 0.250. The molecule has 0 bridgehead atoms. The average Bonchev–Trinajstić information content (AvgIpc) is 3.91. The van der Waals surface area contributed by atoms with E-state index in [9.17, 15) is 9.59 Å². The maximum absolute atomic E-state index is 13.1. The van der Waals surface area contributed by atoms with Crippen molar-refractivity contribution in [2.45, 2.75) is 25.8 Å². The van der Waals surface area contributed by atoms with Crippen molar-refractivity contribution in [3.8, 4) is 17.2 Å². The van der Waals surface area contributed by atoms with E-state index in [0.717, 1.165) is 11.4 Å². The van der Waals surface area contributed by atoms with Crippen LogP contribution < -0.4 is 29.9 Å². The molecule has 0 saturated heterocycles. The highest BCUT2D eigenvalue weighted by Crippen LogP contribution is 2.34. The predicted octanol–water partition coefficient (Wildman–Crippen LogP) is 5.93. The van der Waals surface area contributed by atoms with Gasteiger partial charge in [0, 0.05) is 50.3 Å². The van der Waals surface area contributed by atoms with E-state index >= 15 is 0 Å². The van der Waals surface area contributed by atoms with Crippen LogP contribution in [0, 0.1) is 0 Å². The molecular formula is C36H42N6O4. The van der Waals surface area contributed by atoms with Gasteiger partial charge < -0.3 is 25.0 Å². The first-order chi connectivity index (χ1) is 22.2. The van der Waals surface area contributed by atoms with Crippen LogP contribution in [-0.2, 0) is 9.59 Å². The van der Waals surface area contributed by atoms with Crippen molar-refractivity contribution in [2.75, 3.05) is 49.5 Å². The number of para-hydroxylation sites is 1. The Morgan fingerprint density at radius 3 is 2.22 bits per heavy atom. The molecule has 1 saturated carbocycles. The highest BCUT2D eigenvalue weighted by atomic mass is 16.5. The summed E-state index contributed by atoms with van der Waals surface area (Å²) >= 11 is 0. The highest BCUT2D eigenvalue weighted by Gasteiger charge is 2.26. The van der Waals surface area contributed by atoms with Crippen LogP contribution in [-0.4, -0.2) is 63.9 Å². The van der Waals surface area contributed by atoms with Gasteiger partial charge in [-0.15, -0.1) is 0 Å². The quantitative estimate of drug-likeness (QED) is 0.103. The summed E-state index contributed by atoms with van der Waals surface area (Å²) < 4.78 is 11.5. The molecule has 240 valence electrons. The number of amides is 2. The zero-order chi connectivity index (χ0) is 33.2. The van der Waals surface area contributed by atoms with Gasteiger partial charge in [-0.2, -0.15) is 0 Å². The minimum absolute atomic E-state index is 0.227. The van der Waals surface area contributed by atoms with Crippen molar-refractivity contribution < 1.29 is 19.1 Å². The Morgan fingerprint density at radius 2 is 1.63 bits per heavy atom. The molecule has 46 heavy (non-hydrogen) atoms. The van der Waals surface area contributed by atoms with Crippen LogP contribution in [0.2, 0.25) is 0 Å². The lowest BCUT2D eigenvalue weighted by Gasteiger charge is -2.30. The van der Waals surface area contributed by atoms with E-state index in [0.29, 0.717) is 53.3 Å². The molecule has 0 atom stereocenters. The summed E-state index contributed by atoms with van der Waals surface area (Å²) in [5.41, 5.74) is 9.04. The highest BCUT2D eigenvalue weighted by molar-refractivity contribution is 6.20. The number of benzene rings is 3. The van der Waals surface area contributed by atoms with Gasteiger partial charge >= 0.3 is 0 Å². The third-order valence-corrected chi connectivity index (χ3v) is 7.63. The van der Waals surface area contributed by atoms with E-state index in [4.69, 9.17) is 15.2 Å². The van der Waals surface area contributed by atoms with E-state index in [1.54, 1.807) is 38.2 Å². The zero-order valence-electron chi connectivity index (χ0n) is 27.1. The fourth-order valence-corrected chi connectivity index (χ4v) is 4.94. The van der Waals surface area contributed by atoms with Gasteiger partial charge in [0.15, 0.2) is 5.84 Å². The van der Waals surface area contributed by atoms with Crippen LogP contribution in [0.3, 0.4) is 0 Å². The number of nitrogens with zero attached hydrogens (tertiary/aromatic N) is 5. The number of ether oxygens (including phenoxy) is 2. The first kappa shape index (κ1) is 33.5. The van der Waals surface area contributed by atoms with E-state index in [1.807, 2.05) is 72.6 Å². The number of carbonyl (C=O) groups is 2. The molecule has 0 aromatic heterocycles. The minimum Gasteiger partial charge on any atom is -0.495 e. The lowest BCUT2D eigenvalue weighted by atomic mass is 10.1. The third-order valence-electron chi connectivity index (χ3n) is 7.63. The first-order valence-corrected chi connectivity index (χ1v) is 15.0. The van der Waals surface area contributed by atoms with Crippen molar-refractivity contribution >= 4 is 35.2 Å². The second-order valence-corrected chi connectivity index (χ2v) is 10.9. The van der Waals surface area contributed by atoms with E-state index in [-0.39, 0.29) is 11.7 Å². The second kappa shape index (κ2) is 15.6. The van der Waals surface area contributed by atoms with Crippen molar-refractivity contribution in [3.63, 3.8) is 0 Å². The summed E-state index contributed by atoms with van der Waals surface area (Å²) in [6, 6.07) is 22.7. The summed E-state index contributed by atoms with van der Waals surface area (Å²) in [6.07, 6.45) is 7.80. The zero-order valence-corrected chi connectivity index (χ0v) is 27.1. The van der Waals surface area contributed by atoms with Gasteiger partial charge in [0.2, 0.25) is 6.41 Å². The SMILES string of the molecule is C=CN=C(/C(=C(\C)N)N(C)c1ccc(Oc2ccccc2)cc1)N(C=O)c1ccc(OC)c(N(C)C(=O)/C=C/CN(C)C2CC2)c1. The number of rotatable bonds is 14. The molecule has 0 spiro atoms. The van der Waals surface area contributed by atoms with Gasteiger partial charge in [0.05, 0.1) is 18.5 Å². The largest absolute Gasteiger partial charge is 0.495 e.